The van der Waals surface area contributed by atoms with E-state index in [4.69, 9.17) is 4.42 Å². The average Bonchev–Trinajstić information content (AvgIpc) is 3.27. The lowest BCUT2D eigenvalue weighted by Gasteiger charge is -2.11. The second kappa shape index (κ2) is 7.07. The largest absolute Gasteiger partial charge is 0.467 e. The third kappa shape index (κ3) is 3.31. The van der Waals surface area contributed by atoms with Crippen LogP contribution >= 0.6 is 11.3 Å². The number of aromatic amines is 1. The van der Waals surface area contributed by atoms with Crippen LogP contribution in [0.1, 0.15) is 54.3 Å². The summed E-state index contributed by atoms with van der Waals surface area (Å²) in [5, 5.41) is 3.65. The topological polar surface area (TPSA) is 88.0 Å². The lowest BCUT2D eigenvalue weighted by Crippen LogP contribution is -2.27. The van der Waals surface area contributed by atoms with Gasteiger partial charge in [0.2, 0.25) is 5.91 Å². The zero-order valence-electron chi connectivity index (χ0n) is 14.6. The predicted molar refractivity (Wildman–Crippen MR) is 100 cm³/mol. The molecule has 3 aromatic heterocycles. The Kier molecular flexibility index (Phi) is 4.63. The van der Waals surface area contributed by atoms with E-state index >= 15 is 0 Å². The number of aryl methyl sites for hydroxylation is 3. The van der Waals surface area contributed by atoms with Crippen LogP contribution in [0.3, 0.4) is 0 Å². The molecular formula is C19H21N3O3S. The normalized spacial score (nSPS) is 15.0. The molecule has 0 fully saturated rings. The highest BCUT2D eigenvalue weighted by molar-refractivity contribution is 7.18. The molecule has 6 nitrogen and oxygen atoms in total. The molecule has 1 aliphatic rings. The van der Waals surface area contributed by atoms with E-state index in [1.807, 2.05) is 13.0 Å². The summed E-state index contributed by atoms with van der Waals surface area (Å²) < 4.78 is 5.29. The highest BCUT2D eigenvalue weighted by atomic mass is 32.1. The highest BCUT2D eigenvalue weighted by Gasteiger charge is 2.20. The van der Waals surface area contributed by atoms with E-state index in [1.54, 1.807) is 23.7 Å². The maximum absolute atomic E-state index is 12.5. The summed E-state index contributed by atoms with van der Waals surface area (Å²) in [4.78, 5) is 34.2. The van der Waals surface area contributed by atoms with Crippen molar-refractivity contribution in [3.63, 3.8) is 0 Å². The van der Waals surface area contributed by atoms with Crippen molar-refractivity contribution in [3.8, 4) is 0 Å². The summed E-state index contributed by atoms with van der Waals surface area (Å²) >= 11 is 1.63. The minimum Gasteiger partial charge on any atom is -0.467 e. The summed E-state index contributed by atoms with van der Waals surface area (Å²) in [7, 11) is 0. The summed E-state index contributed by atoms with van der Waals surface area (Å²) in [6.45, 7) is 1.87. The molecule has 4 rings (SSSR count). The number of carbonyl (C=O) groups is 1. The number of hydrogen-bond donors (Lipinski definition) is 2. The molecule has 0 aliphatic heterocycles. The first-order chi connectivity index (χ1) is 12.6. The summed E-state index contributed by atoms with van der Waals surface area (Å²) in [5.41, 5.74) is 1.11. The second-order valence-electron chi connectivity index (χ2n) is 6.71. The molecule has 0 radical (unpaired) electrons. The fourth-order valence-corrected chi connectivity index (χ4v) is 4.76. The van der Waals surface area contributed by atoms with Gasteiger partial charge in [0.1, 0.15) is 16.4 Å². The fraction of sp³-hybridized carbons (Fsp3) is 0.421. The second-order valence-corrected chi connectivity index (χ2v) is 7.79. The quantitative estimate of drug-likeness (QED) is 0.720. The van der Waals surface area contributed by atoms with Crippen molar-refractivity contribution in [2.45, 2.75) is 51.5 Å². The van der Waals surface area contributed by atoms with Crippen LogP contribution in [0, 0.1) is 0 Å². The van der Waals surface area contributed by atoms with Crippen LogP contribution in [0.5, 0.6) is 0 Å². The van der Waals surface area contributed by atoms with E-state index in [-0.39, 0.29) is 23.9 Å². The number of amides is 1. The third-order valence-corrected chi connectivity index (χ3v) is 6.00. The lowest BCUT2D eigenvalue weighted by atomic mass is 9.97. The van der Waals surface area contributed by atoms with Crippen molar-refractivity contribution in [2.75, 3.05) is 0 Å². The Bertz CT molecular complexity index is 988. The minimum atomic E-state index is -0.184. The van der Waals surface area contributed by atoms with E-state index < -0.39 is 0 Å². The lowest BCUT2D eigenvalue weighted by molar-refractivity contribution is -0.121. The number of hydrogen-bond acceptors (Lipinski definition) is 5. The number of furan rings is 1. The van der Waals surface area contributed by atoms with E-state index in [9.17, 15) is 9.59 Å². The Balaban J connectivity index is 1.46. The molecule has 0 spiro atoms. The zero-order chi connectivity index (χ0) is 18.1. The average molecular weight is 371 g/mol. The van der Waals surface area contributed by atoms with Crippen molar-refractivity contribution in [2.24, 2.45) is 0 Å². The van der Waals surface area contributed by atoms with Gasteiger partial charge in [0.05, 0.1) is 17.7 Å². The Labute approximate surface area is 154 Å². The number of carbonyl (C=O) groups excluding carboxylic acids is 1. The standard InChI is InChI=1S/C19H21N3O3S/c1-11(13-6-4-10-25-13)20-16(23)9-8-15-21-18(24)17-12-5-2-3-7-14(12)26-19(17)22-15/h4,6,10-11H,2-3,5,7-9H2,1H3,(H,20,23)(H,21,22,24). The van der Waals surface area contributed by atoms with E-state index in [1.165, 1.54) is 16.9 Å². The van der Waals surface area contributed by atoms with Crippen LogP contribution in [0.15, 0.2) is 27.6 Å². The van der Waals surface area contributed by atoms with Gasteiger partial charge < -0.3 is 14.7 Å². The van der Waals surface area contributed by atoms with Gasteiger partial charge >= 0.3 is 0 Å². The van der Waals surface area contributed by atoms with Crippen LogP contribution < -0.4 is 10.9 Å². The van der Waals surface area contributed by atoms with Crippen LogP contribution in [0.4, 0.5) is 0 Å². The van der Waals surface area contributed by atoms with Gasteiger partial charge in [0.15, 0.2) is 0 Å². The molecule has 1 unspecified atom stereocenters. The zero-order valence-corrected chi connectivity index (χ0v) is 15.4. The number of aromatic nitrogens is 2. The van der Waals surface area contributed by atoms with E-state index in [0.29, 0.717) is 12.2 Å². The molecule has 0 saturated heterocycles. The van der Waals surface area contributed by atoms with Crippen molar-refractivity contribution in [1.29, 1.82) is 0 Å². The molecular weight excluding hydrogens is 350 g/mol. The molecule has 26 heavy (non-hydrogen) atoms. The SMILES string of the molecule is CC(NC(=O)CCc1nc2sc3c(c2c(=O)[nH]1)CCCC3)c1ccco1. The molecule has 0 aromatic carbocycles. The van der Waals surface area contributed by atoms with Crippen molar-refractivity contribution in [1.82, 2.24) is 15.3 Å². The van der Waals surface area contributed by atoms with Gasteiger partial charge in [-0.1, -0.05) is 0 Å². The van der Waals surface area contributed by atoms with Gasteiger partial charge in [-0.25, -0.2) is 4.98 Å². The predicted octanol–water partition coefficient (Wildman–Crippen LogP) is 3.27. The van der Waals surface area contributed by atoms with Crippen molar-refractivity contribution >= 4 is 27.5 Å². The van der Waals surface area contributed by atoms with Crippen LogP contribution in [-0.2, 0) is 24.1 Å². The van der Waals surface area contributed by atoms with E-state index in [2.05, 4.69) is 15.3 Å². The minimum absolute atomic E-state index is 0.0752. The molecule has 3 heterocycles. The Morgan fingerprint density at radius 2 is 2.27 bits per heavy atom. The monoisotopic (exact) mass is 371 g/mol. The highest BCUT2D eigenvalue weighted by Crippen LogP contribution is 2.33. The van der Waals surface area contributed by atoms with E-state index in [0.717, 1.165) is 35.2 Å². The Morgan fingerprint density at radius 1 is 1.42 bits per heavy atom. The van der Waals surface area contributed by atoms with Crippen LogP contribution in [-0.4, -0.2) is 15.9 Å². The van der Waals surface area contributed by atoms with Gasteiger partial charge in [-0.05, 0) is 50.3 Å². The Hall–Kier alpha value is -2.41. The molecule has 7 heteroatoms. The molecule has 1 atom stereocenters. The van der Waals surface area contributed by atoms with Gasteiger partial charge in [-0.15, -0.1) is 11.3 Å². The molecule has 136 valence electrons. The first kappa shape index (κ1) is 17.0. The molecule has 1 aliphatic carbocycles. The Morgan fingerprint density at radius 3 is 3.08 bits per heavy atom. The van der Waals surface area contributed by atoms with Gasteiger partial charge in [-0.3, -0.25) is 9.59 Å². The maximum atomic E-state index is 12.5. The maximum Gasteiger partial charge on any atom is 0.259 e. The third-order valence-electron chi connectivity index (χ3n) is 4.81. The van der Waals surface area contributed by atoms with Crippen LogP contribution in [0.2, 0.25) is 0 Å². The van der Waals surface area contributed by atoms with Gasteiger partial charge in [-0.2, -0.15) is 0 Å². The van der Waals surface area contributed by atoms with Crippen molar-refractivity contribution < 1.29 is 9.21 Å². The molecule has 3 aromatic rings. The summed E-state index contributed by atoms with van der Waals surface area (Å²) in [6.07, 6.45) is 6.58. The molecule has 2 N–H and O–H groups in total. The van der Waals surface area contributed by atoms with Gasteiger partial charge in [0, 0.05) is 17.7 Å². The molecule has 1 amide bonds. The molecule has 0 saturated carbocycles. The smallest absolute Gasteiger partial charge is 0.259 e. The number of H-pyrrole nitrogens is 1. The van der Waals surface area contributed by atoms with Crippen LogP contribution in [0.25, 0.3) is 10.2 Å². The first-order valence-corrected chi connectivity index (χ1v) is 9.79. The number of nitrogens with one attached hydrogen (secondary N) is 2. The number of fused-ring (bicyclic) bond motifs is 3. The fourth-order valence-electron chi connectivity index (χ4n) is 3.48. The molecule has 0 bridgehead atoms. The van der Waals surface area contributed by atoms with Gasteiger partial charge in [0.25, 0.3) is 5.56 Å². The number of thiophene rings is 1. The summed E-state index contributed by atoms with van der Waals surface area (Å²) in [6, 6.07) is 3.44. The number of rotatable bonds is 5. The first-order valence-electron chi connectivity index (χ1n) is 8.98. The van der Waals surface area contributed by atoms with Crippen molar-refractivity contribution in [3.05, 3.63) is 50.8 Å². The number of nitrogens with zero attached hydrogens (tertiary/aromatic N) is 1. The summed E-state index contributed by atoms with van der Waals surface area (Å²) in [5.74, 6) is 1.19.